The minimum Gasteiger partial charge on any atom is -0.407 e. The topological polar surface area (TPSA) is 68.2 Å². The smallest absolute Gasteiger partial charge is 0.312 e. The fourth-order valence-electron chi connectivity index (χ4n) is 2.76. The number of rotatable bonds is 1. The predicted molar refractivity (Wildman–Crippen MR) is 50.4 cm³/mol. The maximum absolute atomic E-state index is 5.44. The SMILES string of the molecule is Nc1nnc(C2C3CCCN2CC3)o1. The van der Waals surface area contributed by atoms with E-state index >= 15 is 0 Å². The molecule has 0 radical (unpaired) electrons. The second-order valence-electron chi connectivity index (χ2n) is 4.15. The molecule has 3 heterocycles. The van der Waals surface area contributed by atoms with E-state index in [0.29, 0.717) is 17.9 Å². The van der Waals surface area contributed by atoms with Crippen molar-refractivity contribution in [1.29, 1.82) is 0 Å². The van der Waals surface area contributed by atoms with Crippen molar-refractivity contribution in [2.75, 3.05) is 18.8 Å². The lowest BCUT2D eigenvalue weighted by molar-refractivity contribution is 0.150. The third kappa shape index (κ3) is 1.12. The molecule has 0 aromatic carbocycles. The maximum Gasteiger partial charge on any atom is 0.312 e. The Labute approximate surface area is 82.3 Å². The van der Waals surface area contributed by atoms with Gasteiger partial charge in [-0.1, -0.05) is 5.10 Å². The van der Waals surface area contributed by atoms with E-state index < -0.39 is 0 Å². The molecular formula is C9H14N4O. The molecule has 2 saturated heterocycles. The molecule has 5 heteroatoms. The van der Waals surface area contributed by atoms with Gasteiger partial charge in [-0.25, -0.2) is 0 Å². The van der Waals surface area contributed by atoms with Crippen LogP contribution in [0.25, 0.3) is 0 Å². The van der Waals surface area contributed by atoms with Crippen molar-refractivity contribution in [3.8, 4) is 0 Å². The van der Waals surface area contributed by atoms with Gasteiger partial charge in [0, 0.05) is 0 Å². The van der Waals surface area contributed by atoms with Gasteiger partial charge in [-0.05, 0) is 38.3 Å². The number of nitrogens with zero attached hydrogens (tertiary/aromatic N) is 3. The number of nitrogens with two attached hydrogens (primary N) is 1. The second-order valence-corrected chi connectivity index (χ2v) is 4.15. The summed E-state index contributed by atoms with van der Waals surface area (Å²) < 4.78 is 5.32. The average molecular weight is 194 g/mol. The molecule has 2 N–H and O–H groups in total. The molecule has 2 aliphatic rings. The Morgan fingerprint density at radius 3 is 2.93 bits per heavy atom. The van der Waals surface area contributed by atoms with Crippen molar-refractivity contribution in [1.82, 2.24) is 15.1 Å². The summed E-state index contributed by atoms with van der Waals surface area (Å²) in [6, 6.07) is 0.528. The molecule has 0 saturated carbocycles. The van der Waals surface area contributed by atoms with Gasteiger partial charge in [0.25, 0.3) is 0 Å². The molecule has 14 heavy (non-hydrogen) atoms. The zero-order valence-corrected chi connectivity index (χ0v) is 8.02. The van der Waals surface area contributed by atoms with Gasteiger partial charge in [-0.15, -0.1) is 5.10 Å². The predicted octanol–water partition coefficient (Wildman–Crippen LogP) is 0.809. The van der Waals surface area contributed by atoms with E-state index in [-0.39, 0.29) is 6.01 Å². The van der Waals surface area contributed by atoms with Gasteiger partial charge in [0.1, 0.15) is 0 Å². The molecule has 0 aliphatic carbocycles. The summed E-state index contributed by atoms with van der Waals surface area (Å²) in [5.74, 6) is 1.41. The van der Waals surface area contributed by atoms with Crippen molar-refractivity contribution < 1.29 is 4.42 Å². The van der Waals surface area contributed by atoms with Crippen LogP contribution in [-0.2, 0) is 0 Å². The first-order chi connectivity index (χ1) is 6.84. The summed E-state index contributed by atoms with van der Waals surface area (Å²) in [5.41, 5.74) is 5.44. The highest BCUT2D eigenvalue weighted by molar-refractivity contribution is 5.09. The molecule has 0 spiro atoms. The molecule has 2 bridgehead atoms. The van der Waals surface area contributed by atoms with Crippen LogP contribution in [0.15, 0.2) is 4.42 Å². The van der Waals surface area contributed by atoms with Gasteiger partial charge in [0.2, 0.25) is 5.89 Å². The number of nitrogen functional groups attached to an aromatic ring is 1. The van der Waals surface area contributed by atoms with Gasteiger partial charge in [-0.2, -0.15) is 0 Å². The lowest BCUT2D eigenvalue weighted by Crippen LogP contribution is -2.30. The highest BCUT2D eigenvalue weighted by atomic mass is 16.4. The number of fused-ring (bicyclic) bond motifs is 2. The molecule has 0 amide bonds. The monoisotopic (exact) mass is 194 g/mol. The average Bonchev–Trinajstić information content (AvgIpc) is 2.68. The normalized spacial score (nSPS) is 36.1. The maximum atomic E-state index is 5.44. The van der Waals surface area contributed by atoms with Crippen LogP contribution in [0.1, 0.15) is 31.2 Å². The summed E-state index contributed by atoms with van der Waals surface area (Å²) in [5, 5.41) is 7.72. The summed E-state index contributed by atoms with van der Waals surface area (Å²) in [6.45, 7) is 2.32. The van der Waals surface area contributed by atoms with E-state index in [9.17, 15) is 0 Å². The largest absolute Gasteiger partial charge is 0.407 e. The van der Waals surface area contributed by atoms with Crippen molar-refractivity contribution in [3.05, 3.63) is 5.89 Å². The lowest BCUT2D eigenvalue weighted by atomic mass is 9.92. The van der Waals surface area contributed by atoms with E-state index in [4.69, 9.17) is 10.2 Å². The Kier molecular flexibility index (Phi) is 1.73. The summed E-state index contributed by atoms with van der Waals surface area (Å²) in [6.07, 6.45) is 3.83. The van der Waals surface area contributed by atoms with Crippen LogP contribution in [0.2, 0.25) is 0 Å². The van der Waals surface area contributed by atoms with Crippen molar-refractivity contribution in [2.45, 2.75) is 25.3 Å². The van der Waals surface area contributed by atoms with Gasteiger partial charge in [-0.3, -0.25) is 4.90 Å². The van der Waals surface area contributed by atoms with Gasteiger partial charge < -0.3 is 10.2 Å². The van der Waals surface area contributed by atoms with Crippen LogP contribution >= 0.6 is 0 Å². The van der Waals surface area contributed by atoms with Crippen LogP contribution < -0.4 is 5.73 Å². The van der Waals surface area contributed by atoms with Crippen LogP contribution in [0.5, 0.6) is 0 Å². The zero-order valence-electron chi connectivity index (χ0n) is 8.02. The standard InChI is InChI=1S/C9H14N4O/c10-9-12-11-8(14-9)7-6-2-1-4-13(7)5-3-6/h6-7H,1-5H2,(H2,10,12). The van der Waals surface area contributed by atoms with E-state index in [2.05, 4.69) is 15.1 Å². The van der Waals surface area contributed by atoms with Crippen LogP contribution in [0.4, 0.5) is 6.01 Å². The van der Waals surface area contributed by atoms with E-state index in [0.717, 1.165) is 13.1 Å². The number of anilines is 1. The molecule has 2 aliphatic heterocycles. The third-order valence-electron chi connectivity index (χ3n) is 3.36. The van der Waals surface area contributed by atoms with Crippen LogP contribution in [0, 0.1) is 5.92 Å². The van der Waals surface area contributed by atoms with Gasteiger partial charge >= 0.3 is 6.01 Å². The molecule has 1 aromatic heterocycles. The first kappa shape index (κ1) is 8.23. The third-order valence-corrected chi connectivity index (χ3v) is 3.36. The lowest BCUT2D eigenvalue weighted by Gasteiger charge is -2.29. The van der Waals surface area contributed by atoms with Crippen LogP contribution in [-0.4, -0.2) is 28.2 Å². The van der Waals surface area contributed by atoms with E-state index in [1.807, 2.05) is 0 Å². The number of hydrogen-bond donors (Lipinski definition) is 1. The Balaban J connectivity index is 1.91. The number of hydrogen-bond acceptors (Lipinski definition) is 5. The highest BCUT2D eigenvalue weighted by Crippen LogP contribution is 2.42. The van der Waals surface area contributed by atoms with Crippen molar-refractivity contribution in [3.63, 3.8) is 0 Å². The summed E-state index contributed by atoms with van der Waals surface area (Å²) in [7, 11) is 0. The second kappa shape index (κ2) is 2.95. The molecule has 1 aromatic rings. The Morgan fingerprint density at radius 1 is 1.29 bits per heavy atom. The zero-order chi connectivity index (χ0) is 9.54. The molecule has 2 fully saturated rings. The molecule has 3 rings (SSSR count). The van der Waals surface area contributed by atoms with Crippen molar-refractivity contribution >= 4 is 6.01 Å². The summed E-state index contributed by atoms with van der Waals surface area (Å²) in [4.78, 5) is 2.43. The fraction of sp³-hybridized carbons (Fsp3) is 0.778. The van der Waals surface area contributed by atoms with Crippen molar-refractivity contribution in [2.24, 2.45) is 5.92 Å². The Morgan fingerprint density at radius 2 is 2.21 bits per heavy atom. The Hall–Kier alpha value is -1.10. The van der Waals surface area contributed by atoms with Gasteiger partial charge in [0.15, 0.2) is 0 Å². The summed E-state index contributed by atoms with van der Waals surface area (Å²) >= 11 is 0. The number of aromatic nitrogens is 2. The molecule has 3 atom stereocenters. The quantitative estimate of drug-likeness (QED) is 0.716. The first-order valence-electron chi connectivity index (χ1n) is 5.17. The highest BCUT2D eigenvalue weighted by Gasteiger charge is 2.40. The molecule has 76 valence electrons. The molecular weight excluding hydrogens is 180 g/mol. The van der Waals surface area contributed by atoms with E-state index in [1.54, 1.807) is 0 Å². The fourth-order valence-corrected chi connectivity index (χ4v) is 2.76. The van der Waals surface area contributed by atoms with E-state index in [1.165, 1.54) is 19.3 Å². The Bertz CT molecular complexity index is 321. The van der Waals surface area contributed by atoms with Gasteiger partial charge in [0.05, 0.1) is 6.04 Å². The molecule has 5 nitrogen and oxygen atoms in total. The molecule has 3 unspecified atom stereocenters. The van der Waals surface area contributed by atoms with Crippen LogP contribution in [0.3, 0.4) is 0 Å². The first-order valence-corrected chi connectivity index (χ1v) is 5.17. The number of piperidine rings is 1. The minimum atomic E-state index is 0.186. The minimum absolute atomic E-state index is 0.186.